The van der Waals surface area contributed by atoms with Crippen LogP contribution in [-0.2, 0) is 0 Å². The third-order valence-corrected chi connectivity index (χ3v) is 0. The third kappa shape index (κ3) is 191. The molecule has 0 aromatic rings. The second kappa shape index (κ2) is 17.2. The Morgan fingerprint density at radius 2 is 0.800 bits per heavy atom. The largest absolute Gasteiger partial charge is 1.00 e. The van der Waals surface area contributed by atoms with Crippen molar-refractivity contribution in [2.75, 3.05) is 0 Å². The van der Waals surface area contributed by atoms with Crippen LogP contribution in [0.5, 0.6) is 0 Å². The Balaban J connectivity index is -0.0000000300. The summed E-state index contributed by atoms with van der Waals surface area (Å²) >= 11 is 0. The first-order chi connectivity index (χ1) is 3.46. The molecule has 0 amide bonds. The average Bonchev–Trinajstić information content (AvgIpc) is 1.25. The van der Waals surface area contributed by atoms with Gasteiger partial charge in [-0.25, -0.2) is 0 Å². The maximum Gasteiger partial charge on any atom is 1.00 e. The van der Waals surface area contributed by atoms with Crippen molar-refractivity contribution in [1.82, 2.24) is 0 Å². The van der Waals surface area contributed by atoms with Crippen molar-refractivity contribution in [2.45, 2.75) is 0 Å². The Labute approximate surface area is 156 Å². The van der Waals surface area contributed by atoms with Gasteiger partial charge >= 0.3 is 120 Å². The fraction of sp³-hybridized carbons (Fsp3) is 0. The zero-order valence-electron chi connectivity index (χ0n) is 5.34. The van der Waals surface area contributed by atoms with Crippen molar-refractivity contribution in [1.29, 1.82) is 0 Å². The number of rotatable bonds is 0. The second-order valence-corrected chi connectivity index (χ2v) is 0.447. The first-order valence-electron chi connectivity index (χ1n) is 1.10. The Kier molecular flexibility index (Phi) is 39.2. The summed E-state index contributed by atoms with van der Waals surface area (Å²) < 4.78 is 0. The van der Waals surface area contributed by atoms with E-state index in [4.69, 9.17) is 30.6 Å². The minimum Gasteiger partial charge on any atom is -0.356 e. The minimum absolute atomic E-state index is 0. The van der Waals surface area contributed by atoms with Crippen LogP contribution in [0.3, 0.4) is 0 Å². The van der Waals surface area contributed by atoms with Crippen molar-refractivity contribution in [2.24, 2.45) is 0 Å². The topological polar surface area (TPSA) is 132 Å². The van der Waals surface area contributed by atoms with Crippen LogP contribution in [0.4, 0.5) is 0 Å². The van der Waals surface area contributed by atoms with E-state index >= 15 is 0 Å². The Morgan fingerprint density at radius 1 is 0.800 bits per heavy atom. The first kappa shape index (κ1) is 22.7. The number of hydrogen-bond donors (Lipinski definition) is 0. The van der Waals surface area contributed by atoms with Gasteiger partial charge in [0.05, 0.1) is 10.2 Å². The molecule has 0 heterocycles. The molecule has 0 N–H and O–H groups in total. The van der Waals surface area contributed by atoms with Crippen LogP contribution in [0, 0.1) is 30.6 Å². The summed E-state index contributed by atoms with van der Waals surface area (Å²) in [5, 5.41) is 29.5. The number of nitrogens with zero attached hydrogens (tertiary/aromatic N) is 2. The molecular formula is CsKN2O6. The molecule has 10 heteroatoms. The van der Waals surface area contributed by atoms with Gasteiger partial charge in [0.2, 0.25) is 0 Å². The summed E-state index contributed by atoms with van der Waals surface area (Å²) in [7, 11) is 0. The van der Waals surface area contributed by atoms with Gasteiger partial charge in [0.1, 0.15) is 0 Å². The zero-order valence-corrected chi connectivity index (χ0v) is 14.7. The van der Waals surface area contributed by atoms with Gasteiger partial charge < -0.3 is 30.6 Å². The van der Waals surface area contributed by atoms with Crippen molar-refractivity contribution < 1.29 is 130 Å². The first-order valence-corrected chi connectivity index (χ1v) is 1.10. The molecule has 0 saturated carbocycles. The fourth-order valence-corrected chi connectivity index (χ4v) is 0. The van der Waals surface area contributed by atoms with E-state index < -0.39 is 10.2 Å². The minimum atomic E-state index is -1.75. The molecule has 0 aliphatic rings. The normalized spacial score (nSPS) is 4.80. The summed E-state index contributed by atoms with van der Waals surface area (Å²) in [4.78, 5) is 16.5. The molecule has 0 aliphatic heterocycles. The molecule has 0 bridgehead atoms. The molecule has 0 fully saturated rings. The Morgan fingerprint density at radius 3 is 0.800 bits per heavy atom. The van der Waals surface area contributed by atoms with Gasteiger partial charge in [0.15, 0.2) is 0 Å². The summed E-state index contributed by atoms with van der Waals surface area (Å²) in [6.45, 7) is 0. The molecule has 8 nitrogen and oxygen atoms in total. The molecule has 0 aromatic carbocycles. The van der Waals surface area contributed by atoms with Crippen molar-refractivity contribution >= 4 is 0 Å². The van der Waals surface area contributed by atoms with Crippen LogP contribution in [-0.4, -0.2) is 10.2 Å². The molecule has 0 unspecified atom stereocenters. The van der Waals surface area contributed by atoms with Crippen LogP contribution in [0.25, 0.3) is 0 Å². The van der Waals surface area contributed by atoms with E-state index in [0.29, 0.717) is 0 Å². The molecule has 0 aliphatic carbocycles. The quantitative estimate of drug-likeness (QED) is 0.248. The SMILES string of the molecule is O=[N+]([O-])[O-].O=[N+]([O-])[O-].[Cs+].[K+]. The number of hydrogen-bond acceptors (Lipinski definition) is 6. The van der Waals surface area contributed by atoms with Crippen LogP contribution in [0.1, 0.15) is 0 Å². The molecule has 0 spiro atoms. The van der Waals surface area contributed by atoms with Gasteiger partial charge in [-0.2, -0.15) is 0 Å². The monoisotopic (exact) mass is 296 g/mol. The molecule has 10 heavy (non-hydrogen) atoms. The molecule has 0 rings (SSSR count). The van der Waals surface area contributed by atoms with E-state index in [1.807, 2.05) is 0 Å². The fourth-order valence-electron chi connectivity index (χ4n) is 0. The van der Waals surface area contributed by atoms with Crippen molar-refractivity contribution in [3.63, 3.8) is 0 Å². The van der Waals surface area contributed by atoms with Crippen LogP contribution >= 0.6 is 0 Å². The van der Waals surface area contributed by atoms with Crippen LogP contribution in [0.15, 0.2) is 0 Å². The van der Waals surface area contributed by atoms with Crippen LogP contribution in [0.2, 0.25) is 0 Å². The smallest absolute Gasteiger partial charge is 0.356 e. The Hall–Kier alpha value is 2.09. The van der Waals surface area contributed by atoms with Gasteiger partial charge in [-0.15, -0.1) is 0 Å². The van der Waals surface area contributed by atoms with Gasteiger partial charge in [-0.1, -0.05) is 0 Å². The van der Waals surface area contributed by atoms with E-state index in [9.17, 15) is 0 Å². The van der Waals surface area contributed by atoms with Gasteiger partial charge in [0, 0.05) is 0 Å². The molecular weight excluding hydrogens is 296 g/mol. The maximum atomic E-state index is 8.25. The van der Waals surface area contributed by atoms with Gasteiger partial charge in [-0.3, -0.25) is 0 Å². The van der Waals surface area contributed by atoms with E-state index in [1.165, 1.54) is 0 Å². The average molecular weight is 296 g/mol. The van der Waals surface area contributed by atoms with E-state index in [2.05, 4.69) is 0 Å². The summed E-state index contributed by atoms with van der Waals surface area (Å²) in [6.07, 6.45) is 0. The maximum absolute atomic E-state index is 8.25. The zero-order chi connectivity index (χ0) is 7.15. The summed E-state index contributed by atoms with van der Waals surface area (Å²) in [6, 6.07) is 0. The predicted octanol–water partition coefficient (Wildman–Crippen LogP) is -6.47. The molecule has 0 aromatic heterocycles. The van der Waals surface area contributed by atoms with Crippen LogP contribution < -0.4 is 120 Å². The summed E-state index contributed by atoms with van der Waals surface area (Å²) in [5.41, 5.74) is 0. The second-order valence-electron chi connectivity index (χ2n) is 0.447. The van der Waals surface area contributed by atoms with Gasteiger partial charge in [-0.05, 0) is 0 Å². The van der Waals surface area contributed by atoms with E-state index in [0.717, 1.165) is 0 Å². The van der Waals surface area contributed by atoms with Crippen molar-refractivity contribution in [3.8, 4) is 0 Å². The molecule has 0 radical (unpaired) electrons. The summed E-state index contributed by atoms with van der Waals surface area (Å²) in [5.74, 6) is 0. The standard InChI is InChI=1S/Cs.K.2NO3/c;;2*2-1(3)4/q2*+1;2*-1. The third-order valence-electron chi connectivity index (χ3n) is 0. The predicted molar refractivity (Wildman–Crippen MR) is 20.7 cm³/mol. The van der Waals surface area contributed by atoms with E-state index in [1.54, 1.807) is 0 Å². The molecule has 48 valence electrons. The molecule has 0 atom stereocenters. The Bertz CT molecular complexity index is 73.7. The van der Waals surface area contributed by atoms with E-state index in [-0.39, 0.29) is 120 Å². The molecule has 0 saturated heterocycles. The van der Waals surface area contributed by atoms with Crippen molar-refractivity contribution in [3.05, 3.63) is 30.6 Å². The van der Waals surface area contributed by atoms with Gasteiger partial charge in [0.25, 0.3) is 0 Å².